The van der Waals surface area contributed by atoms with E-state index in [0.717, 1.165) is 18.6 Å². The normalized spacial score (nSPS) is 26.9. The highest BCUT2D eigenvalue weighted by atomic mass is 32.2. The molecule has 0 heterocycles. The van der Waals surface area contributed by atoms with E-state index in [-0.39, 0.29) is 11.9 Å². The van der Waals surface area contributed by atoms with Gasteiger partial charge in [-0.25, -0.2) is 8.42 Å². The van der Waals surface area contributed by atoms with Gasteiger partial charge in [-0.15, -0.1) is 0 Å². The second-order valence-corrected chi connectivity index (χ2v) is 8.36. The first-order chi connectivity index (χ1) is 10.3. The quantitative estimate of drug-likeness (QED) is 0.893. The van der Waals surface area contributed by atoms with Gasteiger partial charge in [0.05, 0.1) is 11.9 Å². The average molecular weight is 322 g/mol. The summed E-state index contributed by atoms with van der Waals surface area (Å²) in [6, 6.07) is 5.39. The molecule has 0 aromatic heterocycles. The zero-order valence-corrected chi connectivity index (χ0v) is 13.7. The standard InChI is InChI=1S/C16H22N2O3S/c1-10-13(4-3-5-14(10)18-22(2,20)21)16(19)17-15-9-11-6-7-12(15)8-11/h3-5,11-12,15,18H,6-9H2,1-2H3,(H,17,19)/t11-,12+,15+/m0/s1. The van der Waals surface area contributed by atoms with Gasteiger partial charge >= 0.3 is 0 Å². The molecular weight excluding hydrogens is 300 g/mol. The van der Waals surface area contributed by atoms with Crippen LogP contribution in [-0.4, -0.2) is 26.6 Å². The van der Waals surface area contributed by atoms with E-state index in [9.17, 15) is 13.2 Å². The Morgan fingerprint density at radius 3 is 2.59 bits per heavy atom. The van der Waals surface area contributed by atoms with Gasteiger partial charge in [-0.3, -0.25) is 9.52 Å². The highest BCUT2D eigenvalue weighted by Gasteiger charge is 2.40. The number of nitrogens with one attached hydrogen (secondary N) is 2. The molecule has 0 unspecified atom stereocenters. The molecule has 2 aliphatic rings. The predicted octanol–water partition coefficient (Wildman–Crippen LogP) is 2.28. The number of fused-ring (bicyclic) bond motifs is 2. The minimum Gasteiger partial charge on any atom is -0.349 e. The maximum absolute atomic E-state index is 12.5. The summed E-state index contributed by atoms with van der Waals surface area (Å²) in [5.41, 5.74) is 1.66. The third-order valence-electron chi connectivity index (χ3n) is 4.93. The minimum atomic E-state index is -3.35. The first-order valence-corrected chi connectivity index (χ1v) is 9.61. The van der Waals surface area contributed by atoms with Crippen molar-refractivity contribution in [3.05, 3.63) is 29.3 Å². The molecule has 2 aliphatic carbocycles. The molecule has 0 aliphatic heterocycles. The molecule has 1 aromatic rings. The van der Waals surface area contributed by atoms with Gasteiger partial charge in [-0.05, 0) is 55.7 Å². The number of carbonyl (C=O) groups excluding carboxylic acids is 1. The summed E-state index contributed by atoms with van der Waals surface area (Å²) in [5, 5.41) is 3.14. The number of hydrogen-bond acceptors (Lipinski definition) is 3. The molecule has 2 fully saturated rings. The fraction of sp³-hybridized carbons (Fsp3) is 0.562. The van der Waals surface area contributed by atoms with Crippen molar-refractivity contribution in [2.24, 2.45) is 11.8 Å². The summed E-state index contributed by atoms with van der Waals surface area (Å²) < 4.78 is 25.2. The maximum Gasteiger partial charge on any atom is 0.251 e. The zero-order valence-electron chi connectivity index (χ0n) is 12.9. The predicted molar refractivity (Wildman–Crippen MR) is 86.3 cm³/mol. The Morgan fingerprint density at radius 2 is 2.00 bits per heavy atom. The average Bonchev–Trinajstić information content (AvgIpc) is 3.02. The Morgan fingerprint density at radius 1 is 1.23 bits per heavy atom. The molecular formula is C16H22N2O3S. The number of sulfonamides is 1. The Labute approximate surface area is 131 Å². The molecule has 22 heavy (non-hydrogen) atoms. The van der Waals surface area contributed by atoms with Crippen molar-refractivity contribution >= 4 is 21.6 Å². The van der Waals surface area contributed by atoms with Crippen molar-refractivity contribution in [1.82, 2.24) is 5.32 Å². The topological polar surface area (TPSA) is 75.3 Å². The Hall–Kier alpha value is -1.56. The van der Waals surface area contributed by atoms with E-state index in [2.05, 4.69) is 10.0 Å². The third kappa shape index (κ3) is 3.11. The highest BCUT2D eigenvalue weighted by molar-refractivity contribution is 7.92. The van der Waals surface area contributed by atoms with Crippen LogP contribution in [0.3, 0.4) is 0 Å². The molecule has 0 saturated heterocycles. The minimum absolute atomic E-state index is 0.104. The molecule has 6 heteroatoms. The van der Waals surface area contributed by atoms with Gasteiger partial charge in [0.25, 0.3) is 5.91 Å². The lowest BCUT2D eigenvalue weighted by molar-refractivity contribution is 0.0922. The summed E-state index contributed by atoms with van der Waals surface area (Å²) in [6.45, 7) is 1.77. The van der Waals surface area contributed by atoms with Crippen LogP contribution in [0.15, 0.2) is 18.2 Å². The molecule has 2 N–H and O–H groups in total. The number of carbonyl (C=O) groups is 1. The van der Waals surface area contributed by atoms with Crippen LogP contribution in [0, 0.1) is 18.8 Å². The van der Waals surface area contributed by atoms with Gasteiger partial charge in [0.15, 0.2) is 0 Å². The van der Waals surface area contributed by atoms with Crippen molar-refractivity contribution in [3.8, 4) is 0 Å². The van der Waals surface area contributed by atoms with Gasteiger partial charge in [-0.1, -0.05) is 12.5 Å². The monoisotopic (exact) mass is 322 g/mol. The summed E-state index contributed by atoms with van der Waals surface area (Å²) in [6.07, 6.45) is 5.93. The third-order valence-corrected chi connectivity index (χ3v) is 5.52. The molecule has 0 spiro atoms. The lowest BCUT2D eigenvalue weighted by Crippen LogP contribution is -2.38. The van der Waals surface area contributed by atoms with Crippen molar-refractivity contribution < 1.29 is 13.2 Å². The summed E-state index contributed by atoms with van der Waals surface area (Å²) in [7, 11) is -3.35. The summed E-state index contributed by atoms with van der Waals surface area (Å²) in [4.78, 5) is 12.5. The van der Waals surface area contributed by atoms with E-state index in [1.165, 1.54) is 19.3 Å². The lowest BCUT2D eigenvalue weighted by Gasteiger charge is -2.23. The number of anilines is 1. The van der Waals surface area contributed by atoms with E-state index >= 15 is 0 Å². The number of rotatable bonds is 4. The Bertz CT molecular complexity index is 699. The SMILES string of the molecule is Cc1c(NS(C)(=O)=O)cccc1C(=O)N[C@@H]1C[C@H]2CC[C@@H]1C2. The molecule has 0 radical (unpaired) electrons. The van der Waals surface area contributed by atoms with Crippen LogP contribution in [0.1, 0.15) is 41.6 Å². The van der Waals surface area contributed by atoms with E-state index in [4.69, 9.17) is 0 Å². The Kier molecular flexibility index (Phi) is 3.89. The van der Waals surface area contributed by atoms with Gasteiger partial charge in [0, 0.05) is 11.6 Å². The van der Waals surface area contributed by atoms with E-state index in [1.54, 1.807) is 25.1 Å². The molecule has 120 valence electrons. The fourth-order valence-electron chi connectivity index (χ4n) is 3.86. The van der Waals surface area contributed by atoms with Gasteiger partial charge in [-0.2, -0.15) is 0 Å². The maximum atomic E-state index is 12.5. The molecule has 5 nitrogen and oxygen atoms in total. The van der Waals surface area contributed by atoms with Crippen molar-refractivity contribution in [2.45, 2.75) is 38.6 Å². The molecule has 1 amide bonds. The van der Waals surface area contributed by atoms with Gasteiger partial charge < -0.3 is 5.32 Å². The fourth-order valence-corrected chi connectivity index (χ4v) is 4.48. The van der Waals surface area contributed by atoms with Crippen molar-refractivity contribution in [2.75, 3.05) is 11.0 Å². The summed E-state index contributed by atoms with van der Waals surface area (Å²) >= 11 is 0. The summed E-state index contributed by atoms with van der Waals surface area (Å²) in [5.74, 6) is 1.29. The van der Waals surface area contributed by atoms with E-state index in [1.807, 2.05) is 0 Å². The molecule has 2 saturated carbocycles. The van der Waals surface area contributed by atoms with Crippen molar-refractivity contribution in [1.29, 1.82) is 0 Å². The molecule has 1 aromatic carbocycles. The molecule has 2 bridgehead atoms. The zero-order chi connectivity index (χ0) is 15.9. The number of amides is 1. The van der Waals surface area contributed by atoms with Gasteiger partial charge in [0.1, 0.15) is 0 Å². The van der Waals surface area contributed by atoms with Crippen molar-refractivity contribution in [3.63, 3.8) is 0 Å². The second kappa shape index (κ2) is 5.57. The van der Waals surface area contributed by atoms with Gasteiger partial charge in [0.2, 0.25) is 10.0 Å². The Balaban J connectivity index is 1.76. The van der Waals surface area contributed by atoms with Crippen LogP contribution in [-0.2, 0) is 10.0 Å². The second-order valence-electron chi connectivity index (χ2n) is 6.61. The number of hydrogen-bond donors (Lipinski definition) is 2. The van der Waals surface area contributed by atoms with E-state index < -0.39 is 10.0 Å². The molecule has 3 atom stereocenters. The van der Waals surface area contributed by atoms with Crippen LogP contribution in [0.4, 0.5) is 5.69 Å². The first-order valence-electron chi connectivity index (χ1n) is 7.72. The van der Waals surface area contributed by atoms with E-state index in [0.29, 0.717) is 22.7 Å². The van der Waals surface area contributed by atoms with Crippen LogP contribution in [0.25, 0.3) is 0 Å². The molecule has 3 rings (SSSR count). The lowest BCUT2D eigenvalue weighted by atomic mass is 9.95. The first kappa shape index (κ1) is 15.3. The smallest absolute Gasteiger partial charge is 0.251 e. The van der Waals surface area contributed by atoms with Crippen LogP contribution >= 0.6 is 0 Å². The van der Waals surface area contributed by atoms with Crippen LogP contribution in [0.2, 0.25) is 0 Å². The largest absolute Gasteiger partial charge is 0.349 e. The highest BCUT2D eigenvalue weighted by Crippen LogP contribution is 2.44. The van der Waals surface area contributed by atoms with Crippen LogP contribution in [0.5, 0.6) is 0 Å². The van der Waals surface area contributed by atoms with Crippen LogP contribution < -0.4 is 10.0 Å². The number of benzene rings is 1.